The lowest BCUT2D eigenvalue weighted by atomic mass is 10.2. The van der Waals surface area contributed by atoms with Crippen LogP contribution < -0.4 is 9.80 Å². The molecule has 0 aliphatic carbocycles. The van der Waals surface area contributed by atoms with Gasteiger partial charge in [-0.2, -0.15) is 0 Å². The van der Waals surface area contributed by atoms with Gasteiger partial charge >= 0.3 is 0 Å². The van der Waals surface area contributed by atoms with Crippen LogP contribution in [0.5, 0.6) is 0 Å². The Morgan fingerprint density at radius 3 is 1.43 bits per heavy atom. The maximum Gasteiger partial charge on any atom is 0.0381 e. The van der Waals surface area contributed by atoms with E-state index >= 15 is 0 Å². The molecule has 2 heteroatoms. The predicted molar refractivity (Wildman–Crippen MR) is 66.4 cm³/mol. The van der Waals surface area contributed by atoms with Gasteiger partial charge in [0.1, 0.15) is 0 Å². The highest BCUT2D eigenvalue weighted by molar-refractivity contribution is 5.58. The quantitative estimate of drug-likeness (QED) is 0.714. The average Bonchev–Trinajstić information content (AvgIpc) is 2.21. The summed E-state index contributed by atoms with van der Waals surface area (Å²) in [4.78, 5) is 4.21. The van der Waals surface area contributed by atoms with E-state index in [1.165, 1.54) is 11.4 Å². The molecule has 2 nitrogen and oxygen atoms in total. The Morgan fingerprint density at radius 1 is 0.786 bits per heavy atom. The van der Waals surface area contributed by atoms with Crippen molar-refractivity contribution in [2.24, 2.45) is 0 Å². The molecule has 0 bridgehead atoms. The second-order valence-corrected chi connectivity index (χ2v) is 3.31. The maximum atomic E-state index is 2.17. The number of rotatable bonds is 2. The number of benzene rings is 1. The Bertz CT molecular complexity index is 231. The molecule has 1 aromatic rings. The Kier molecular flexibility index (Phi) is 5.77. The third kappa shape index (κ3) is 3.69. The highest BCUT2D eigenvalue weighted by Gasteiger charge is 1.97. The fourth-order valence-electron chi connectivity index (χ4n) is 1.05. The van der Waals surface area contributed by atoms with Crippen LogP contribution in [0.3, 0.4) is 0 Å². The van der Waals surface area contributed by atoms with Crippen molar-refractivity contribution in [3.63, 3.8) is 0 Å². The van der Waals surface area contributed by atoms with E-state index in [1.807, 2.05) is 13.8 Å². The summed E-state index contributed by atoms with van der Waals surface area (Å²) < 4.78 is 0. The molecule has 0 saturated carbocycles. The summed E-state index contributed by atoms with van der Waals surface area (Å²) in [6.45, 7) is 4.00. The van der Waals surface area contributed by atoms with Crippen LogP contribution in [0, 0.1) is 0 Å². The van der Waals surface area contributed by atoms with E-state index in [1.54, 1.807) is 0 Å². The maximum absolute atomic E-state index is 2.17. The van der Waals surface area contributed by atoms with Gasteiger partial charge in [-0.25, -0.2) is 0 Å². The lowest BCUT2D eigenvalue weighted by molar-refractivity contribution is 1.10. The van der Waals surface area contributed by atoms with E-state index < -0.39 is 0 Å². The van der Waals surface area contributed by atoms with Crippen molar-refractivity contribution in [2.45, 2.75) is 13.8 Å². The number of hydrogen-bond donors (Lipinski definition) is 0. The molecule has 0 aromatic heterocycles. The molecular formula is C12H22N2. The summed E-state index contributed by atoms with van der Waals surface area (Å²) in [7, 11) is 8.20. The van der Waals surface area contributed by atoms with Gasteiger partial charge in [0.25, 0.3) is 0 Å². The monoisotopic (exact) mass is 194 g/mol. The predicted octanol–water partition coefficient (Wildman–Crippen LogP) is 2.84. The zero-order valence-corrected chi connectivity index (χ0v) is 10.2. The topological polar surface area (TPSA) is 6.48 Å². The molecule has 80 valence electrons. The van der Waals surface area contributed by atoms with Crippen LogP contribution in [0.4, 0.5) is 11.4 Å². The third-order valence-corrected chi connectivity index (χ3v) is 1.86. The van der Waals surface area contributed by atoms with Gasteiger partial charge < -0.3 is 9.80 Å². The second-order valence-electron chi connectivity index (χ2n) is 3.31. The summed E-state index contributed by atoms with van der Waals surface area (Å²) in [5.41, 5.74) is 2.47. The lowest BCUT2D eigenvalue weighted by Crippen LogP contribution is -2.12. The SMILES string of the molecule is CC.CN(C)c1cccc(N(C)C)c1. The largest absolute Gasteiger partial charge is 0.378 e. The van der Waals surface area contributed by atoms with Gasteiger partial charge in [0.2, 0.25) is 0 Å². The van der Waals surface area contributed by atoms with Crippen molar-refractivity contribution in [3.8, 4) is 0 Å². The van der Waals surface area contributed by atoms with Gasteiger partial charge in [-0.3, -0.25) is 0 Å². The summed E-state index contributed by atoms with van der Waals surface area (Å²) in [6.07, 6.45) is 0. The Labute approximate surface area is 88.1 Å². The molecule has 0 saturated heterocycles. The fourth-order valence-corrected chi connectivity index (χ4v) is 1.05. The standard InChI is InChI=1S/C10H16N2.C2H6/c1-11(2)9-6-5-7-10(8-9)12(3)4;1-2/h5-8H,1-4H3;1-2H3. The second kappa shape index (κ2) is 6.30. The normalized spacial score (nSPS) is 8.71. The molecule has 0 aliphatic heterocycles. The van der Waals surface area contributed by atoms with Crippen LogP contribution in [0.2, 0.25) is 0 Å². The van der Waals surface area contributed by atoms with Gasteiger partial charge in [-0.05, 0) is 18.2 Å². The van der Waals surface area contributed by atoms with Crippen LogP contribution in [0.25, 0.3) is 0 Å². The molecular weight excluding hydrogens is 172 g/mol. The van der Waals surface area contributed by atoms with Crippen LogP contribution in [0.15, 0.2) is 24.3 Å². The molecule has 0 aliphatic rings. The number of anilines is 2. The molecule has 0 amide bonds. The molecule has 0 atom stereocenters. The Hall–Kier alpha value is -1.18. The highest BCUT2D eigenvalue weighted by Crippen LogP contribution is 2.18. The highest BCUT2D eigenvalue weighted by atomic mass is 15.1. The Balaban J connectivity index is 0.000000791. The van der Waals surface area contributed by atoms with Crippen molar-refractivity contribution in [3.05, 3.63) is 24.3 Å². The summed E-state index contributed by atoms with van der Waals surface area (Å²) >= 11 is 0. The lowest BCUT2D eigenvalue weighted by Gasteiger charge is -2.17. The van der Waals surface area contributed by atoms with E-state index in [9.17, 15) is 0 Å². The summed E-state index contributed by atoms with van der Waals surface area (Å²) in [6, 6.07) is 8.45. The van der Waals surface area contributed by atoms with E-state index in [0.717, 1.165) is 0 Å². The average molecular weight is 194 g/mol. The van der Waals surface area contributed by atoms with Crippen molar-refractivity contribution in [1.29, 1.82) is 0 Å². The molecule has 0 heterocycles. The zero-order chi connectivity index (χ0) is 11.1. The molecule has 0 N–H and O–H groups in total. The minimum absolute atomic E-state index is 1.24. The molecule has 14 heavy (non-hydrogen) atoms. The van der Waals surface area contributed by atoms with Gasteiger partial charge in [0, 0.05) is 39.6 Å². The van der Waals surface area contributed by atoms with Crippen molar-refractivity contribution in [1.82, 2.24) is 0 Å². The molecule has 0 radical (unpaired) electrons. The van der Waals surface area contributed by atoms with Crippen LogP contribution in [-0.2, 0) is 0 Å². The molecule has 0 spiro atoms. The zero-order valence-electron chi connectivity index (χ0n) is 10.2. The van der Waals surface area contributed by atoms with E-state index in [0.29, 0.717) is 0 Å². The molecule has 0 unspecified atom stereocenters. The fraction of sp³-hybridized carbons (Fsp3) is 0.500. The van der Waals surface area contributed by atoms with E-state index in [-0.39, 0.29) is 0 Å². The Morgan fingerprint density at radius 2 is 1.14 bits per heavy atom. The van der Waals surface area contributed by atoms with Gasteiger partial charge in [-0.15, -0.1) is 0 Å². The van der Waals surface area contributed by atoms with Crippen LogP contribution in [0.1, 0.15) is 13.8 Å². The van der Waals surface area contributed by atoms with Crippen LogP contribution in [-0.4, -0.2) is 28.2 Å². The van der Waals surface area contributed by atoms with Crippen molar-refractivity contribution < 1.29 is 0 Å². The van der Waals surface area contributed by atoms with Crippen molar-refractivity contribution >= 4 is 11.4 Å². The van der Waals surface area contributed by atoms with E-state index in [2.05, 4.69) is 62.3 Å². The molecule has 1 aromatic carbocycles. The van der Waals surface area contributed by atoms with Crippen LogP contribution >= 0.6 is 0 Å². The third-order valence-electron chi connectivity index (χ3n) is 1.86. The smallest absolute Gasteiger partial charge is 0.0381 e. The van der Waals surface area contributed by atoms with E-state index in [4.69, 9.17) is 0 Å². The van der Waals surface area contributed by atoms with Crippen molar-refractivity contribution in [2.75, 3.05) is 38.0 Å². The summed E-state index contributed by atoms with van der Waals surface area (Å²) in [5.74, 6) is 0. The summed E-state index contributed by atoms with van der Waals surface area (Å²) in [5, 5.41) is 0. The number of hydrogen-bond acceptors (Lipinski definition) is 2. The van der Waals surface area contributed by atoms with Gasteiger partial charge in [0.05, 0.1) is 0 Å². The first-order chi connectivity index (χ1) is 6.61. The van der Waals surface area contributed by atoms with Gasteiger partial charge in [-0.1, -0.05) is 19.9 Å². The molecule has 0 fully saturated rings. The minimum atomic E-state index is 1.24. The number of nitrogens with zero attached hydrogens (tertiary/aromatic N) is 2. The van der Waals surface area contributed by atoms with Gasteiger partial charge in [0.15, 0.2) is 0 Å². The first-order valence-corrected chi connectivity index (χ1v) is 5.06. The minimum Gasteiger partial charge on any atom is -0.378 e. The first-order valence-electron chi connectivity index (χ1n) is 5.06. The molecule has 1 rings (SSSR count). The first kappa shape index (κ1) is 12.8.